The van der Waals surface area contributed by atoms with Crippen molar-refractivity contribution in [3.05, 3.63) is 40.5 Å². The van der Waals surface area contributed by atoms with Crippen molar-refractivity contribution in [1.29, 1.82) is 0 Å². The van der Waals surface area contributed by atoms with E-state index in [1.54, 1.807) is 6.20 Å². The average molecular weight is 238 g/mol. The number of hydrogen-bond donors (Lipinski definition) is 1. The lowest BCUT2D eigenvalue weighted by molar-refractivity contribution is 0.282. The van der Waals surface area contributed by atoms with Crippen molar-refractivity contribution in [2.45, 2.75) is 6.61 Å². The van der Waals surface area contributed by atoms with Crippen LogP contribution in [0.3, 0.4) is 0 Å². The van der Waals surface area contributed by atoms with Crippen LogP contribution in [0, 0.1) is 0 Å². The van der Waals surface area contributed by atoms with Crippen molar-refractivity contribution in [2.75, 3.05) is 0 Å². The first-order valence-electron chi connectivity index (χ1n) is 3.95. The molecular weight excluding hydrogens is 230 g/mol. The number of aromatic nitrogens is 1. The predicted octanol–water partition coefficient (Wildman–Crippen LogP) is 2.49. The molecule has 0 saturated carbocycles. The van der Waals surface area contributed by atoms with Crippen LogP contribution in [0.15, 0.2) is 34.9 Å². The Kier molecular flexibility index (Phi) is 2.29. The lowest BCUT2D eigenvalue weighted by Gasteiger charge is -2.02. The number of aliphatic hydroxyl groups is 1. The van der Waals surface area contributed by atoms with Gasteiger partial charge < -0.3 is 5.11 Å². The fourth-order valence-electron chi connectivity index (χ4n) is 1.30. The van der Waals surface area contributed by atoms with E-state index in [4.69, 9.17) is 5.11 Å². The Bertz CT molecular complexity index is 442. The van der Waals surface area contributed by atoms with Crippen LogP contribution in [-0.2, 0) is 6.61 Å². The first-order valence-corrected chi connectivity index (χ1v) is 4.74. The van der Waals surface area contributed by atoms with Gasteiger partial charge in [0.25, 0.3) is 0 Å². The molecule has 2 nitrogen and oxygen atoms in total. The third-order valence-corrected chi connectivity index (χ3v) is 2.51. The Hall–Kier alpha value is -0.930. The Morgan fingerprint density at radius 2 is 2.23 bits per heavy atom. The standard InChI is InChI=1S/C10H8BrNO/c11-9-5-7(6-13)4-8-2-1-3-12-10(8)9/h1-5,13H,6H2. The first-order chi connectivity index (χ1) is 6.31. The second kappa shape index (κ2) is 3.44. The number of nitrogens with zero attached hydrogens (tertiary/aromatic N) is 1. The molecule has 0 spiro atoms. The van der Waals surface area contributed by atoms with Crippen LogP contribution in [0.5, 0.6) is 0 Å². The highest BCUT2D eigenvalue weighted by Gasteiger charge is 2.01. The van der Waals surface area contributed by atoms with Gasteiger partial charge in [0.05, 0.1) is 12.1 Å². The molecule has 2 aromatic rings. The van der Waals surface area contributed by atoms with Crippen LogP contribution in [0.1, 0.15) is 5.56 Å². The van der Waals surface area contributed by atoms with Gasteiger partial charge in [-0.2, -0.15) is 0 Å². The molecule has 66 valence electrons. The molecule has 0 saturated heterocycles. The molecule has 0 radical (unpaired) electrons. The zero-order valence-corrected chi connectivity index (χ0v) is 8.45. The van der Waals surface area contributed by atoms with Crippen molar-refractivity contribution in [2.24, 2.45) is 0 Å². The molecule has 0 aliphatic heterocycles. The summed E-state index contributed by atoms with van der Waals surface area (Å²) in [7, 11) is 0. The van der Waals surface area contributed by atoms with Crippen LogP contribution in [0.25, 0.3) is 10.9 Å². The predicted molar refractivity (Wildman–Crippen MR) is 55.4 cm³/mol. The summed E-state index contributed by atoms with van der Waals surface area (Å²) in [4.78, 5) is 4.23. The van der Waals surface area contributed by atoms with Gasteiger partial charge in [-0.1, -0.05) is 6.07 Å². The smallest absolute Gasteiger partial charge is 0.0844 e. The second-order valence-electron chi connectivity index (χ2n) is 2.81. The summed E-state index contributed by atoms with van der Waals surface area (Å²) in [5, 5.41) is 10.0. The summed E-state index contributed by atoms with van der Waals surface area (Å²) < 4.78 is 0.926. The molecule has 1 heterocycles. The minimum Gasteiger partial charge on any atom is -0.392 e. The van der Waals surface area contributed by atoms with Crippen molar-refractivity contribution in [1.82, 2.24) is 4.98 Å². The molecule has 0 unspecified atom stereocenters. The molecule has 0 atom stereocenters. The number of halogens is 1. The highest BCUT2D eigenvalue weighted by atomic mass is 79.9. The third kappa shape index (κ3) is 1.57. The lowest BCUT2D eigenvalue weighted by Crippen LogP contribution is -1.86. The molecule has 1 aromatic heterocycles. The van der Waals surface area contributed by atoms with Gasteiger partial charge in [0.1, 0.15) is 0 Å². The van der Waals surface area contributed by atoms with Gasteiger partial charge in [-0.25, -0.2) is 0 Å². The van der Waals surface area contributed by atoms with Crippen LogP contribution in [-0.4, -0.2) is 10.1 Å². The molecule has 0 aliphatic rings. The molecule has 2 rings (SSSR count). The van der Waals surface area contributed by atoms with Crippen molar-refractivity contribution in [3.8, 4) is 0 Å². The maximum atomic E-state index is 8.98. The molecule has 13 heavy (non-hydrogen) atoms. The van der Waals surface area contributed by atoms with E-state index in [1.165, 1.54) is 0 Å². The highest BCUT2D eigenvalue weighted by Crippen LogP contribution is 2.23. The van der Waals surface area contributed by atoms with Crippen LogP contribution in [0.4, 0.5) is 0 Å². The van der Waals surface area contributed by atoms with E-state index in [9.17, 15) is 0 Å². The van der Waals surface area contributed by atoms with Gasteiger partial charge in [-0.3, -0.25) is 4.98 Å². The number of hydrogen-bond acceptors (Lipinski definition) is 2. The molecule has 3 heteroatoms. The maximum absolute atomic E-state index is 8.98. The Morgan fingerprint density at radius 3 is 3.00 bits per heavy atom. The number of benzene rings is 1. The fourth-order valence-corrected chi connectivity index (χ4v) is 1.92. The Balaban J connectivity index is 2.77. The SMILES string of the molecule is OCc1cc(Br)c2ncccc2c1. The van der Waals surface area contributed by atoms with Crippen LogP contribution < -0.4 is 0 Å². The Morgan fingerprint density at radius 1 is 1.38 bits per heavy atom. The summed E-state index contributed by atoms with van der Waals surface area (Å²) in [6.45, 7) is 0.0590. The summed E-state index contributed by atoms with van der Waals surface area (Å²) >= 11 is 3.41. The van der Waals surface area contributed by atoms with Crippen molar-refractivity contribution < 1.29 is 5.11 Å². The normalized spacial score (nSPS) is 10.6. The van der Waals surface area contributed by atoms with E-state index in [0.717, 1.165) is 20.9 Å². The van der Waals surface area contributed by atoms with Gasteiger partial charge in [-0.05, 0) is 39.7 Å². The molecule has 1 N–H and O–H groups in total. The first kappa shape index (κ1) is 8.66. The quantitative estimate of drug-likeness (QED) is 0.827. The highest BCUT2D eigenvalue weighted by molar-refractivity contribution is 9.10. The van der Waals surface area contributed by atoms with Crippen LogP contribution in [0.2, 0.25) is 0 Å². The van der Waals surface area contributed by atoms with Gasteiger partial charge >= 0.3 is 0 Å². The minimum absolute atomic E-state index is 0.0590. The monoisotopic (exact) mass is 237 g/mol. The van der Waals surface area contributed by atoms with Crippen LogP contribution >= 0.6 is 15.9 Å². The van der Waals surface area contributed by atoms with Gasteiger partial charge in [0, 0.05) is 16.1 Å². The topological polar surface area (TPSA) is 33.1 Å². The molecule has 1 aromatic carbocycles. The molecular formula is C10H8BrNO. The van der Waals surface area contributed by atoms with Gasteiger partial charge in [-0.15, -0.1) is 0 Å². The molecule has 0 fully saturated rings. The van der Waals surface area contributed by atoms with E-state index in [-0.39, 0.29) is 6.61 Å². The number of aliphatic hydroxyl groups excluding tert-OH is 1. The van der Waals surface area contributed by atoms with Gasteiger partial charge in [0.2, 0.25) is 0 Å². The molecule has 0 amide bonds. The number of fused-ring (bicyclic) bond motifs is 1. The van der Waals surface area contributed by atoms with Crippen molar-refractivity contribution >= 4 is 26.8 Å². The largest absolute Gasteiger partial charge is 0.392 e. The van der Waals surface area contributed by atoms with E-state index in [0.29, 0.717) is 0 Å². The average Bonchev–Trinajstić information content (AvgIpc) is 2.18. The summed E-state index contributed by atoms with van der Waals surface area (Å²) in [5.41, 5.74) is 1.83. The van der Waals surface area contributed by atoms with Crippen molar-refractivity contribution in [3.63, 3.8) is 0 Å². The summed E-state index contributed by atoms with van der Waals surface area (Å²) in [6.07, 6.45) is 1.76. The lowest BCUT2D eigenvalue weighted by atomic mass is 10.1. The summed E-state index contributed by atoms with van der Waals surface area (Å²) in [5.74, 6) is 0. The third-order valence-electron chi connectivity index (χ3n) is 1.90. The fraction of sp³-hybridized carbons (Fsp3) is 0.100. The molecule has 0 aliphatic carbocycles. The summed E-state index contributed by atoms with van der Waals surface area (Å²) in [6, 6.07) is 7.69. The number of rotatable bonds is 1. The zero-order valence-electron chi connectivity index (χ0n) is 6.87. The van der Waals surface area contributed by atoms with E-state index in [1.807, 2.05) is 24.3 Å². The zero-order chi connectivity index (χ0) is 9.26. The number of pyridine rings is 1. The molecule has 0 bridgehead atoms. The Labute approximate surface area is 84.4 Å². The second-order valence-corrected chi connectivity index (χ2v) is 3.67. The minimum atomic E-state index is 0.0590. The maximum Gasteiger partial charge on any atom is 0.0844 e. The van der Waals surface area contributed by atoms with Gasteiger partial charge in [0.15, 0.2) is 0 Å². The van der Waals surface area contributed by atoms with E-state index in [2.05, 4.69) is 20.9 Å². The van der Waals surface area contributed by atoms with E-state index >= 15 is 0 Å². The van der Waals surface area contributed by atoms with E-state index < -0.39 is 0 Å².